The van der Waals surface area contributed by atoms with Gasteiger partial charge in [-0.05, 0) is 0 Å². The van der Waals surface area contributed by atoms with Crippen molar-refractivity contribution in [2.45, 2.75) is 11.4 Å². The average Bonchev–Trinajstić information content (AvgIpc) is 1.27. The summed E-state index contributed by atoms with van der Waals surface area (Å²) in [7, 11) is 0. The van der Waals surface area contributed by atoms with E-state index >= 15 is 0 Å². The molecule has 1 atom stereocenters. The standard InChI is InChI=1S/C3H6BrNO2/c4-2(5)1-3(6)7/h2H,1,5H2,(H,6,7). The number of hydrogen-bond donors (Lipinski definition) is 2. The van der Waals surface area contributed by atoms with Crippen LogP contribution in [0.4, 0.5) is 0 Å². The van der Waals surface area contributed by atoms with Crippen LogP contribution in [-0.4, -0.2) is 16.0 Å². The van der Waals surface area contributed by atoms with Crippen molar-refractivity contribution in [3.8, 4) is 0 Å². The van der Waals surface area contributed by atoms with Crippen LogP contribution < -0.4 is 5.73 Å². The lowest BCUT2D eigenvalue weighted by Gasteiger charge is -1.93. The normalized spacial score (nSPS) is 13.4. The minimum absolute atomic E-state index is 0.0278. The molecule has 0 rings (SSSR count). The molecule has 0 heterocycles. The van der Waals surface area contributed by atoms with E-state index in [0.717, 1.165) is 0 Å². The van der Waals surface area contributed by atoms with Gasteiger partial charge in [0.1, 0.15) is 0 Å². The van der Waals surface area contributed by atoms with E-state index in [1.807, 2.05) is 0 Å². The van der Waals surface area contributed by atoms with Crippen LogP contribution in [0.1, 0.15) is 6.42 Å². The molecule has 0 fully saturated rings. The van der Waals surface area contributed by atoms with Crippen LogP contribution in [0.3, 0.4) is 0 Å². The van der Waals surface area contributed by atoms with Crippen molar-refractivity contribution in [1.82, 2.24) is 0 Å². The van der Waals surface area contributed by atoms with Crippen molar-refractivity contribution in [2.75, 3.05) is 0 Å². The molecular weight excluding hydrogens is 162 g/mol. The lowest BCUT2D eigenvalue weighted by atomic mass is 10.4. The Morgan fingerprint density at radius 3 is 2.43 bits per heavy atom. The number of halogens is 1. The molecule has 7 heavy (non-hydrogen) atoms. The largest absolute Gasteiger partial charge is 0.481 e. The van der Waals surface area contributed by atoms with Gasteiger partial charge in [0.25, 0.3) is 0 Å². The van der Waals surface area contributed by atoms with E-state index in [1.165, 1.54) is 0 Å². The third-order valence-electron chi connectivity index (χ3n) is 0.370. The smallest absolute Gasteiger partial charge is 0.305 e. The molecule has 4 heteroatoms. The molecule has 0 amide bonds. The SMILES string of the molecule is NC(Br)CC(=O)O. The number of nitrogens with two attached hydrogens (primary N) is 1. The topological polar surface area (TPSA) is 63.3 Å². The quantitative estimate of drug-likeness (QED) is 0.455. The molecule has 0 bridgehead atoms. The highest BCUT2D eigenvalue weighted by molar-refractivity contribution is 9.09. The van der Waals surface area contributed by atoms with E-state index in [4.69, 9.17) is 10.8 Å². The average molecular weight is 168 g/mol. The summed E-state index contributed by atoms with van der Waals surface area (Å²) in [6.45, 7) is 0. The fourth-order valence-electron chi connectivity index (χ4n) is 0.167. The zero-order valence-corrected chi connectivity index (χ0v) is 5.18. The first-order chi connectivity index (χ1) is 3.13. The fraction of sp³-hybridized carbons (Fsp3) is 0.667. The van der Waals surface area contributed by atoms with Crippen LogP contribution in [0.5, 0.6) is 0 Å². The Bertz CT molecular complexity index is 73.3. The van der Waals surface area contributed by atoms with Crippen molar-refractivity contribution in [1.29, 1.82) is 0 Å². The van der Waals surface area contributed by atoms with E-state index < -0.39 is 10.9 Å². The maximum Gasteiger partial charge on any atom is 0.305 e. The molecule has 0 aromatic carbocycles. The van der Waals surface area contributed by atoms with Crippen molar-refractivity contribution >= 4 is 21.9 Å². The lowest BCUT2D eigenvalue weighted by molar-refractivity contribution is -0.136. The molecule has 0 aliphatic heterocycles. The minimum atomic E-state index is -0.885. The van der Waals surface area contributed by atoms with Crippen LogP contribution in [-0.2, 0) is 4.79 Å². The van der Waals surface area contributed by atoms with Gasteiger partial charge in [0.05, 0.1) is 11.4 Å². The highest BCUT2D eigenvalue weighted by Crippen LogP contribution is 1.94. The molecule has 0 aliphatic rings. The maximum absolute atomic E-state index is 9.70. The number of carboxylic acids is 1. The summed E-state index contributed by atoms with van der Waals surface area (Å²) in [6.07, 6.45) is -0.0278. The second-order valence-corrected chi connectivity index (χ2v) is 2.29. The van der Waals surface area contributed by atoms with Gasteiger partial charge in [-0.3, -0.25) is 4.79 Å². The Hall–Kier alpha value is -0.0900. The Morgan fingerprint density at radius 2 is 2.43 bits per heavy atom. The molecule has 0 aromatic rings. The first-order valence-corrected chi connectivity index (χ1v) is 2.66. The van der Waals surface area contributed by atoms with Gasteiger partial charge in [0.2, 0.25) is 0 Å². The Labute approximate surface area is 49.6 Å². The molecule has 0 aliphatic carbocycles. The van der Waals surface area contributed by atoms with Crippen LogP contribution in [0.25, 0.3) is 0 Å². The number of alkyl halides is 1. The van der Waals surface area contributed by atoms with Crippen LogP contribution in [0.2, 0.25) is 0 Å². The molecule has 42 valence electrons. The Kier molecular flexibility index (Phi) is 2.95. The van der Waals surface area contributed by atoms with Crippen molar-refractivity contribution in [3.05, 3.63) is 0 Å². The van der Waals surface area contributed by atoms with Gasteiger partial charge < -0.3 is 10.8 Å². The predicted octanol–water partition coefficient (Wildman–Crippen LogP) is 0.141. The molecule has 0 aromatic heterocycles. The summed E-state index contributed by atoms with van der Waals surface area (Å²) in [4.78, 5) is 9.29. The van der Waals surface area contributed by atoms with E-state index in [0.29, 0.717) is 0 Å². The zero-order valence-electron chi connectivity index (χ0n) is 3.60. The van der Waals surface area contributed by atoms with Gasteiger partial charge in [0, 0.05) is 0 Å². The second-order valence-electron chi connectivity index (χ2n) is 1.11. The highest BCUT2D eigenvalue weighted by atomic mass is 79.9. The molecule has 0 saturated carbocycles. The van der Waals surface area contributed by atoms with Gasteiger partial charge in [-0.2, -0.15) is 0 Å². The fourth-order valence-corrected chi connectivity index (χ4v) is 0.444. The summed E-state index contributed by atoms with van der Waals surface area (Å²) >= 11 is 2.87. The van der Waals surface area contributed by atoms with E-state index in [-0.39, 0.29) is 6.42 Å². The predicted molar refractivity (Wildman–Crippen MR) is 29.2 cm³/mol. The first-order valence-electron chi connectivity index (χ1n) is 1.74. The number of hydrogen-bond acceptors (Lipinski definition) is 2. The van der Waals surface area contributed by atoms with E-state index in [1.54, 1.807) is 0 Å². The summed E-state index contributed by atoms with van der Waals surface area (Å²) in [5.74, 6) is -0.885. The van der Waals surface area contributed by atoms with Crippen molar-refractivity contribution in [2.24, 2.45) is 5.73 Å². The molecule has 0 radical (unpaired) electrons. The Balaban J connectivity index is 3.13. The lowest BCUT2D eigenvalue weighted by Crippen LogP contribution is -2.15. The molecule has 3 N–H and O–H groups in total. The van der Waals surface area contributed by atoms with Crippen LogP contribution >= 0.6 is 15.9 Å². The minimum Gasteiger partial charge on any atom is -0.481 e. The molecule has 0 spiro atoms. The third kappa shape index (κ3) is 5.91. The third-order valence-corrected chi connectivity index (χ3v) is 0.693. The van der Waals surface area contributed by atoms with Gasteiger partial charge in [-0.1, -0.05) is 15.9 Å². The second kappa shape index (κ2) is 2.98. The molecule has 0 saturated heterocycles. The van der Waals surface area contributed by atoms with E-state index in [9.17, 15) is 4.79 Å². The molecular formula is C3H6BrNO2. The summed E-state index contributed by atoms with van der Waals surface area (Å²) in [5.41, 5.74) is 5.03. The maximum atomic E-state index is 9.70. The van der Waals surface area contributed by atoms with Crippen molar-refractivity contribution in [3.63, 3.8) is 0 Å². The number of aliphatic carboxylic acids is 1. The summed E-state index contributed by atoms with van der Waals surface area (Å²) < 4.78 is 0. The number of carbonyl (C=O) groups is 1. The van der Waals surface area contributed by atoms with Gasteiger partial charge in [-0.25, -0.2) is 0 Å². The Morgan fingerprint density at radius 1 is 2.00 bits per heavy atom. The van der Waals surface area contributed by atoms with Gasteiger partial charge in [-0.15, -0.1) is 0 Å². The highest BCUT2D eigenvalue weighted by Gasteiger charge is 2.00. The molecule has 3 nitrogen and oxygen atoms in total. The van der Waals surface area contributed by atoms with Gasteiger partial charge in [0.15, 0.2) is 0 Å². The van der Waals surface area contributed by atoms with Crippen molar-refractivity contribution < 1.29 is 9.90 Å². The van der Waals surface area contributed by atoms with Gasteiger partial charge >= 0.3 is 5.97 Å². The van der Waals surface area contributed by atoms with E-state index in [2.05, 4.69) is 15.9 Å². The summed E-state index contributed by atoms with van der Waals surface area (Å²) in [5, 5.41) is 7.97. The number of carboxylic acid groups (broad SMARTS) is 1. The molecule has 1 unspecified atom stereocenters. The number of rotatable bonds is 2. The summed E-state index contributed by atoms with van der Waals surface area (Å²) in [6, 6.07) is 0. The first kappa shape index (κ1) is 6.91. The van der Waals surface area contributed by atoms with Crippen LogP contribution in [0.15, 0.2) is 0 Å². The van der Waals surface area contributed by atoms with Crippen LogP contribution in [0, 0.1) is 0 Å². The monoisotopic (exact) mass is 167 g/mol. The zero-order chi connectivity index (χ0) is 5.86.